The van der Waals surface area contributed by atoms with Crippen LogP contribution >= 0.6 is 0 Å². The van der Waals surface area contributed by atoms with Gasteiger partial charge in [-0.15, -0.1) is 0 Å². The Morgan fingerprint density at radius 1 is 1.23 bits per heavy atom. The normalized spacial score (nSPS) is 41.3. The van der Waals surface area contributed by atoms with Crippen LogP contribution in [-0.4, -0.2) is 0 Å². The number of hydrogen-bond acceptors (Lipinski definition) is 0. The van der Waals surface area contributed by atoms with Crippen LogP contribution < -0.4 is 0 Å². The molecular formula is C13H24. The van der Waals surface area contributed by atoms with E-state index in [9.17, 15) is 0 Å². The van der Waals surface area contributed by atoms with E-state index < -0.39 is 0 Å². The van der Waals surface area contributed by atoms with E-state index in [-0.39, 0.29) is 0 Å². The van der Waals surface area contributed by atoms with E-state index in [0.29, 0.717) is 5.41 Å². The average molecular weight is 180 g/mol. The van der Waals surface area contributed by atoms with Gasteiger partial charge in [-0.1, -0.05) is 40.0 Å². The minimum absolute atomic E-state index is 0.705. The Morgan fingerprint density at radius 3 is 2.54 bits per heavy atom. The molecule has 3 aliphatic carbocycles. The molecule has 0 nitrogen and oxygen atoms in total. The predicted octanol–water partition coefficient (Wildman–Crippen LogP) is 4.25. The molecule has 3 aliphatic rings. The van der Waals surface area contributed by atoms with Crippen LogP contribution in [0.3, 0.4) is 0 Å². The van der Waals surface area contributed by atoms with Gasteiger partial charge in [0.15, 0.2) is 0 Å². The molecule has 0 aromatic heterocycles. The van der Waals surface area contributed by atoms with Gasteiger partial charge in [-0.2, -0.15) is 0 Å². The number of fused-ring (bicyclic) bond motifs is 2. The van der Waals surface area contributed by atoms with Crippen LogP contribution in [0.2, 0.25) is 0 Å². The van der Waals surface area contributed by atoms with Crippen molar-refractivity contribution < 1.29 is 0 Å². The summed E-state index contributed by atoms with van der Waals surface area (Å²) in [6.45, 7) is 7.32. The van der Waals surface area contributed by atoms with E-state index >= 15 is 0 Å². The summed E-state index contributed by atoms with van der Waals surface area (Å²) in [5.41, 5.74) is 0.705. The standard InChI is InChI=1S/C13H24/c1-4-5-6-10-7-8-11-9-12(10)13(11,2)3/h10-12H,4-9H2,1-3H3. The van der Waals surface area contributed by atoms with Crippen LogP contribution in [0.5, 0.6) is 0 Å². The molecule has 3 atom stereocenters. The molecule has 0 aliphatic heterocycles. The van der Waals surface area contributed by atoms with Gasteiger partial charge in [-0.05, 0) is 42.4 Å². The van der Waals surface area contributed by atoms with Crippen molar-refractivity contribution in [2.45, 2.75) is 59.3 Å². The predicted molar refractivity (Wildman–Crippen MR) is 57.6 cm³/mol. The molecular weight excluding hydrogens is 156 g/mol. The van der Waals surface area contributed by atoms with Crippen molar-refractivity contribution in [1.29, 1.82) is 0 Å². The molecule has 3 fully saturated rings. The largest absolute Gasteiger partial charge is 0.0654 e. The molecule has 2 bridgehead atoms. The maximum atomic E-state index is 2.50. The molecule has 13 heavy (non-hydrogen) atoms. The Hall–Kier alpha value is 0. The fraction of sp³-hybridized carbons (Fsp3) is 1.00. The highest BCUT2D eigenvalue weighted by molar-refractivity contribution is 5.02. The van der Waals surface area contributed by atoms with E-state index in [1.54, 1.807) is 12.8 Å². The molecule has 0 saturated heterocycles. The van der Waals surface area contributed by atoms with Gasteiger partial charge < -0.3 is 0 Å². The van der Waals surface area contributed by atoms with E-state index in [2.05, 4.69) is 20.8 Å². The van der Waals surface area contributed by atoms with Gasteiger partial charge in [0, 0.05) is 0 Å². The first-order valence-electron chi connectivity index (χ1n) is 6.16. The Kier molecular flexibility index (Phi) is 2.42. The van der Waals surface area contributed by atoms with Crippen LogP contribution in [0.25, 0.3) is 0 Å². The fourth-order valence-corrected chi connectivity index (χ4v) is 3.77. The zero-order valence-corrected chi connectivity index (χ0v) is 9.47. The smallest absolute Gasteiger partial charge is 0.0295 e. The zero-order valence-electron chi connectivity index (χ0n) is 9.47. The average Bonchev–Trinajstić information content (AvgIpc) is 2.14. The summed E-state index contributed by atoms with van der Waals surface area (Å²) in [4.78, 5) is 0. The maximum absolute atomic E-state index is 2.50. The van der Waals surface area contributed by atoms with Crippen molar-refractivity contribution in [3.8, 4) is 0 Å². The Bertz CT molecular complexity index is 178. The first-order chi connectivity index (χ1) is 6.16. The SMILES string of the molecule is CCCCC1CCC2CC1C2(C)C. The van der Waals surface area contributed by atoms with Gasteiger partial charge in [0.25, 0.3) is 0 Å². The Balaban J connectivity index is 1.91. The summed E-state index contributed by atoms with van der Waals surface area (Å²) >= 11 is 0. The lowest BCUT2D eigenvalue weighted by Gasteiger charge is -2.60. The Labute approximate surface area is 83.1 Å². The molecule has 3 saturated carbocycles. The second-order valence-electron chi connectivity index (χ2n) is 5.84. The fourth-order valence-electron chi connectivity index (χ4n) is 3.77. The van der Waals surface area contributed by atoms with E-state index in [0.717, 1.165) is 17.8 Å². The van der Waals surface area contributed by atoms with Crippen molar-refractivity contribution in [2.75, 3.05) is 0 Å². The molecule has 0 spiro atoms. The molecule has 0 heterocycles. The van der Waals surface area contributed by atoms with Crippen molar-refractivity contribution in [3.63, 3.8) is 0 Å². The topological polar surface area (TPSA) is 0 Å². The summed E-state index contributed by atoms with van der Waals surface area (Å²) in [6.07, 6.45) is 8.98. The summed E-state index contributed by atoms with van der Waals surface area (Å²) in [5.74, 6) is 3.24. The molecule has 0 radical (unpaired) electrons. The van der Waals surface area contributed by atoms with Crippen molar-refractivity contribution in [2.24, 2.45) is 23.2 Å². The molecule has 0 aromatic carbocycles. The lowest BCUT2D eigenvalue weighted by atomic mass is 9.45. The van der Waals surface area contributed by atoms with Crippen LogP contribution in [0.1, 0.15) is 59.3 Å². The Morgan fingerprint density at radius 2 is 2.00 bits per heavy atom. The van der Waals surface area contributed by atoms with E-state index in [1.807, 2.05) is 0 Å². The van der Waals surface area contributed by atoms with Crippen LogP contribution in [0.4, 0.5) is 0 Å². The number of hydrogen-bond donors (Lipinski definition) is 0. The summed E-state index contributed by atoms with van der Waals surface area (Å²) < 4.78 is 0. The third kappa shape index (κ3) is 1.43. The lowest BCUT2D eigenvalue weighted by molar-refractivity contribution is -0.107. The van der Waals surface area contributed by atoms with Crippen LogP contribution in [0, 0.1) is 23.2 Å². The van der Waals surface area contributed by atoms with Gasteiger partial charge in [0.1, 0.15) is 0 Å². The third-order valence-corrected chi connectivity index (χ3v) is 4.93. The van der Waals surface area contributed by atoms with Crippen molar-refractivity contribution in [1.82, 2.24) is 0 Å². The molecule has 0 heteroatoms. The van der Waals surface area contributed by atoms with Gasteiger partial charge in [0.2, 0.25) is 0 Å². The quantitative estimate of drug-likeness (QED) is 0.609. The third-order valence-electron chi connectivity index (χ3n) is 4.93. The summed E-state index contributed by atoms with van der Waals surface area (Å²) in [6, 6.07) is 0. The van der Waals surface area contributed by atoms with E-state index in [1.165, 1.54) is 25.7 Å². The highest BCUT2D eigenvalue weighted by Gasteiger charge is 2.53. The van der Waals surface area contributed by atoms with Gasteiger partial charge in [0.05, 0.1) is 0 Å². The van der Waals surface area contributed by atoms with Crippen molar-refractivity contribution in [3.05, 3.63) is 0 Å². The second-order valence-corrected chi connectivity index (χ2v) is 5.84. The minimum atomic E-state index is 0.705. The molecule has 3 rings (SSSR count). The maximum Gasteiger partial charge on any atom is -0.0295 e. The number of unbranched alkanes of at least 4 members (excludes halogenated alkanes) is 1. The van der Waals surface area contributed by atoms with Gasteiger partial charge >= 0.3 is 0 Å². The molecule has 0 amide bonds. The van der Waals surface area contributed by atoms with Crippen molar-refractivity contribution >= 4 is 0 Å². The van der Waals surface area contributed by atoms with E-state index in [4.69, 9.17) is 0 Å². The highest BCUT2D eigenvalue weighted by atomic mass is 14.6. The first kappa shape index (κ1) is 9.55. The van der Waals surface area contributed by atoms with Crippen LogP contribution in [0.15, 0.2) is 0 Å². The molecule has 0 aromatic rings. The summed E-state index contributed by atoms with van der Waals surface area (Å²) in [7, 11) is 0. The lowest BCUT2D eigenvalue weighted by Crippen LogP contribution is -2.52. The molecule has 0 N–H and O–H groups in total. The zero-order chi connectivity index (χ0) is 9.47. The minimum Gasteiger partial charge on any atom is -0.0654 e. The first-order valence-corrected chi connectivity index (χ1v) is 6.16. The highest BCUT2D eigenvalue weighted by Crippen LogP contribution is 2.62. The second kappa shape index (κ2) is 3.29. The molecule has 76 valence electrons. The number of rotatable bonds is 3. The monoisotopic (exact) mass is 180 g/mol. The summed E-state index contributed by atoms with van der Waals surface area (Å²) in [5, 5.41) is 0. The molecule has 3 unspecified atom stereocenters. The van der Waals surface area contributed by atoms with Gasteiger partial charge in [-0.25, -0.2) is 0 Å². The van der Waals surface area contributed by atoms with Crippen LogP contribution in [-0.2, 0) is 0 Å². The van der Waals surface area contributed by atoms with Gasteiger partial charge in [-0.3, -0.25) is 0 Å².